The highest BCUT2D eigenvalue weighted by atomic mass is 32.1. The molecule has 5 rings (SSSR count). The van der Waals surface area contributed by atoms with Crippen molar-refractivity contribution in [2.45, 2.75) is 176 Å². The Kier molecular flexibility index (Phi) is 31.9. The Labute approximate surface area is 594 Å². The molecule has 2 aliphatic heterocycles. The number of para-hydroxylation sites is 1. The molecule has 14 amide bonds. The summed E-state index contributed by atoms with van der Waals surface area (Å²) in [6, 6.07) is -10.9. The lowest BCUT2D eigenvalue weighted by molar-refractivity contribution is -0.148. The SMILES string of the molecule is C[C@@H](O)[C@@H]1NC(=O)[C@@H](NC(=O)[C@H](CS)NC(=O)CN)Cc2cn(nn2)CCCC(C)(C(=O)O)NC(=O)[C@H](CCC(N)=O)NC(=O)C(Cc2c[nH]c3ccccc23)NC(=O)[C@H](CCCNC(N)=O)NC(=O)C(CS)NC(=O)[C@H](CCCNC(=N)N)NC(=O)C2CCCN2C(=O)[C@H](CC(=O)O)NC1=O. The number of nitrogens with two attached hydrogens (primary N) is 4. The zero-order valence-corrected chi connectivity index (χ0v) is 57.7. The molecule has 102 heavy (non-hydrogen) atoms. The minimum Gasteiger partial charge on any atom is -0.481 e. The first-order chi connectivity index (χ1) is 48.3. The summed E-state index contributed by atoms with van der Waals surface area (Å²) in [5.74, 6) is -17.1. The lowest BCUT2D eigenvalue weighted by atomic mass is 9.94. The monoisotopic (exact) mass is 1470 g/mol. The average Bonchev–Trinajstić information content (AvgIpc) is 1.66. The number of amides is 14. The third-order valence-electron chi connectivity index (χ3n) is 16.6. The fourth-order valence-corrected chi connectivity index (χ4v) is 11.6. The van der Waals surface area contributed by atoms with Crippen molar-refractivity contribution in [3.63, 3.8) is 0 Å². The van der Waals surface area contributed by atoms with Crippen LogP contribution in [0.4, 0.5) is 4.79 Å². The van der Waals surface area contributed by atoms with E-state index in [1.807, 2.05) is 0 Å². The predicted molar refractivity (Wildman–Crippen MR) is 366 cm³/mol. The number of thiol groups is 2. The molecular formula is C60H90N22O18S2. The minimum absolute atomic E-state index is 0.0156. The number of hydrogen-bond donors (Lipinski definition) is 23. The van der Waals surface area contributed by atoms with E-state index in [1.54, 1.807) is 30.5 Å². The Balaban J connectivity index is 1.62. The molecular weight excluding hydrogens is 1380 g/mol. The van der Waals surface area contributed by atoms with Gasteiger partial charge in [-0.3, -0.25) is 72.4 Å². The molecule has 40 nitrogen and oxygen atoms in total. The summed E-state index contributed by atoms with van der Waals surface area (Å²) in [7, 11) is 0. The molecule has 0 radical (unpaired) electrons. The van der Waals surface area contributed by atoms with Crippen LogP contribution in [0.2, 0.25) is 0 Å². The smallest absolute Gasteiger partial charge is 0.329 e. The Morgan fingerprint density at radius 3 is 1.94 bits per heavy atom. The van der Waals surface area contributed by atoms with Gasteiger partial charge in [0.25, 0.3) is 0 Å². The van der Waals surface area contributed by atoms with E-state index in [9.17, 15) is 87.2 Å². The molecule has 0 spiro atoms. The van der Waals surface area contributed by atoms with Gasteiger partial charge in [-0.2, -0.15) is 25.3 Å². The van der Waals surface area contributed by atoms with E-state index >= 15 is 0 Å². The summed E-state index contributed by atoms with van der Waals surface area (Å²) in [6.45, 7) is 1.14. The number of nitrogens with zero attached hydrogens (tertiary/aromatic N) is 4. The quantitative estimate of drug-likeness (QED) is 0.0181. The first-order valence-electron chi connectivity index (χ1n) is 32.5. The summed E-state index contributed by atoms with van der Waals surface area (Å²) in [5.41, 5.74) is 20.6. The number of primary amides is 2. The van der Waals surface area contributed by atoms with Gasteiger partial charge in [0.05, 0.1) is 24.8 Å². The summed E-state index contributed by atoms with van der Waals surface area (Å²) in [4.78, 5) is 210. The van der Waals surface area contributed by atoms with Gasteiger partial charge in [0, 0.05) is 80.2 Å². The maximum Gasteiger partial charge on any atom is 0.329 e. The highest BCUT2D eigenvalue weighted by Gasteiger charge is 2.43. The molecule has 0 saturated carbocycles. The Morgan fingerprint density at radius 2 is 1.34 bits per heavy atom. The van der Waals surface area contributed by atoms with E-state index in [2.05, 4.69) is 104 Å². The van der Waals surface area contributed by atoms with Crippen LogP contribution >= 0.6 is 25.3 Å². The van der Waals surface area contributed by atoms with Crippen molar-refractivity contribution in [2.75, 3.05) is 37.7 Å². The zero-order valence-electron chi connectivity index (χ0n) is 55.9. The Morgan fingerprint density at radius 1 is 0.745 bits per heavy atom. The Hall–Kier alpha value is -10.4. The number of aromatic nitrogens is 4. The number of guanidine groups is 1. The molecule has 1 saturated heterocycles. The van der Waals surface area contributed by atoms with E-state index < -0.39 is 205 Å². The second kappa shape index (κ2) is 39.6. The van der Waals surface area contributed by atoms with E-state index in [4.69, 9.17) is 28.3 Å². The number of aliphatic hydroxyl groups excluding tert-OH is 1. The van der Waals surface area contributed by atoms with Gasteiger partial charge in [-0.05, 0) is 83.3 Å². The normalized spacial score (nSPS) is 24.2. The second-order valence-corrected chi connectivity index (χ2v) is 25.3. The average molecular weight is 1470 g/mol. The van der Waals surface area contributed by atoms with Crippen LogP contribution in [0.1, 0.15) is 95.7 Å². The maximum atomic E-state index is 14.8. The van der Waals surface area contributed by atoms with Crippen molar-refractivity contribution in [1.29, 1.82) is 5.41 Å². The van der Waals surface area contributed by atoms with Crippen molar-refractivity contribution in [3.8, 4) is 0 Å². The molecule has 1 fully saturated rings. The number of carbonyl (C=O) groups is 15. The molecule has 2 bridgehead atoms. The number of aryl methyl sites for hydroxylation is 1. The van der Waals surface area contributed by atoms with E-state index in [1.165, 1.54) is 10.9 Å². The number of carbonyl (C=O) groups excluding carboxylic acids is 13. The number of aliphatic hydroxyl groups is 1. The standard InChI is InChI=1S/C60H90N22O18S2/c1-29(83)46-55(96)75-39(23-45(86)87)56(97)82-20-7-13-42(82)54(95)72-35(11-5-17-66-58(63)64)48(89)76-41(28-102)52(93)70-34(12-6-18-67-59(65)100)47(88)73-37(21-30-25-68-33-10-4-3-9-32(30)33)49(90)71-36(14-15-43(62)84)53(94)78-60(2,57(98)99)16-8-19-81-26-31(79-80-81)22-38(50(91)77-46)74-51(92)40(27-101)69-44(85)24-61/h3-4,9-10,25-26,29,34-42,46,68,83,101-102H,5-8,11-24,27-28,61H2,1-2H3,(H2,62,84)(H,69,85)(H,70,93)(H,71,90)(H,72,95)(H,73,88)(H,74,92)(H,75,96)(H,76,89)(H,77,91)(H,78,94)(H,86,87)(H,98,99)(H4,63,64,66)(H3,65,67,100)/t29-,34+,35+,36+,37?,38+,39+,40+,41?,42?,46+,60?/m1/s1. The zero-order chi connectivity index (χ0) is 75.5. The van der Waals surface area contributed by atoms with Crippen LogP contribution in [0.25, 0.3) is 10.9 Å². The topological polar surface area (TPSA) is 639 Å². The van der Waals surface area contributed by atoms with Gasteiger partial charge in [0.1, 0.15) is 66.0 Å². The number of nitrogens with one attached hydrogen (secondary N) is 14. The molecule has 560 valence electrons. The number of carboxylic acids is 2. The molecule has 3 aromatic rings. The Bertz CT molecular complexity index is 3560. The molecule has 0 aliphatic carbocycles. The van der Waals surface area contributed by atoms with Crippen molar-refractivity contribution >= 4 is 131 Å². The number of aromatic amines is 1. The molecule has 4 heterocycles. The number of carboxylic acid groups (broad SMARTS) is 2. The second-order valence-electron chi connectivity index (χ2n) is 24.5. The minimum atomic E-state index is -2.15. The molecule has 1 aromatic carbocycles. The number of benzene rings is 1. The highest BCUT2D eigenvalue weighted by Crippen LogP contribution is 2.23. The fraction of sp³-hybridized carbons (Fsp3) is 0.567. The van der Waals surface area contributed by atoms with Crippen LogP contribution in [-0.2, 0) is 86.5 Å². The number of rotatable bonds is 23. The summed E-state index contributed by atoms with van der Waals surface area (Å²) in [5, 5.41) is 77.5. The maximum absolute atomic E-state index is 14.8. The largest absolute Gasteiger partial charge is 0.481 e. The van der Waals surface area contributed by atoms with E-state index in [0.717, 1.165) is 18.7 Å². The highest BCUT2D eigenvalue weighted by molar-refractivity contribution is 7.80. The number of aliphatic carboxylic acids is 2. The van der Waals surface area contributed by atoms with Crippen molar-refractivity contribution < 1.29 is 87.2 Å². The third-order valence-corrected chi connectivity index (χ3v) is 17.3. The molecule has 2 aliphatic rings. The molecule has 12 atom stereocenters. The van der Waals surface area contributed by atoms with E-state index in [-0.39, 0.29) is 95.4 Å². The van der Waals surface area contributed by atoms with Gasteiger partial charge >= 0.3 is 18.0 Å². The molecule has 2 aromatic heterocycles. The number of hydrogen-bond acceptors (Lipinski definition) is 22. The summed E-state index contributed by atoms with van der Waals surface area (Å²) < 4.78 is 1.21. The predicted octanol–water partition coefficient (Wildman–Crippen LogP) is -7.70. The first kappa shape index (κ1) is 82.3. The van der Waals surface area contributed by atoms with Crippen LogP contribution < -0.4 is 86.7 Å². The molecule has 25 N–H and O–H groups in total. The number of H-pyrrole nitrogens is 1. The lowest BCUT2D eigenvalue weighted by Crippen LogP contribution is -2.62. The fourth-order valence-electron chi connectivity index (χ4n) is 11.1. The van der Waals surface area contributed by atoms with Gasteiger partial charge in [-0.15, -0.1) is 5.10 Å². The first-order valence-corrected chi connectivity index (χ1v) is 33.8. The van der Waals surface area contributed by atoms with Crippen LogP contribution in [0.5, 0.6) is 0 Å². The van der Waals surface area contributed by atoms with Gasteiger partial charge in [-0.25, -0.2) is 9.59 Å². The van der Waals surface area contributed by atoms with Gasteiger partial charge in [-0.1, -0.05) is 23.4 Å². The lowest BCUT2D eigenvalue weighted by Gasteiger charge is -2.31. The van der Waals surface area contributed by atoms with Crippen molar-refractivity contribution in [1.82, 2.24) is 88.7 Å². The summed E-state index contributed by atoms with van der Waals surface area (Å²) >= 11 is 8.45. The van der Waals surface area contributed by atoms with Gasteiger partial charge in [0.15, 0.2) is 5.96 Å². The van der Waals surface area contributed by atoms with Crippen LogP contribution in [-0.4, -0.2) is 245 Å². The third kappa shape index (κ3) is 25.1. The van der Waals surface area contributed by atoms with Crippen molar-refractivity contribution in [2.24, 2.45) is 22.9 Å². The molecule has 4 unspecified atom stereocenters. The van der Waals surface area contributed by atoms with Gasteiger partial charge < -0.3 is 112 Å². The summed E-state index contributed by atoms with van der Waals surface area (Å²) in [6.07, 6.45) is -3.01. The van der Waals surface area contributed by atoms with Crippen LogP contribution in [0, 0.1) is 5.41 Å². The van der Waals surface area contributed by atoms with Gasteiger partial charge in [0.2, 0.25) is 70.9 Å². The van der Waals surface area contributed by atoms with E-state index in [0.29, 0.717) is 16.5 Å². The number of urea groups is 1. The number of fused-ring (bicyclic) bond motifs is 4. The van der Waals surface area contributed by atoms with Crippen molar-refractivity contribution in [3.05, 3.63) is 47.9 Å². The molecule has 42 heteroatoms. The van der Waals surface area contributed by atoms with Crippen LogP contribution in [0.3, 0.4) is 0 Å². The van der Waals surface area contributed by atoms with Crippen LogP contribution in [0.15, 0.2) is 36.7 Å².